The lowest BCUT2D eigenvalue weighted by Gasteiger charge is -2.19. The summed E-state index contributed by atoms with van der Waals surface area (Å²) in [7, 11) is 5.95. The van der Waals surface area contributed by atoms with Gasteiger partial charge in [0.25, 0.3) is 5.91 Å². The van der Waals surface area contributed by atoms with Crippen molar-refractivity contribution in [2.45, 2.75) is 6.42 Å². The van der Waals surface area contributed by atoms with Crippen LogP contribution in [0.25, 0.3) is 10.8 Å². The van der Waals surface area contributed by atoms with Crippen LogP contribution in [-0.2, 0) is 0 Å². The summed E-state index contributed by atoms with van der Waals surface area (Å²) < 4.78 is 1.05. The van der Waals surface area contributed by atoms with Gasteiger partial charge >= 0.3 is 0 Å². The van der Waals surface area contributed by atoms with Crippen LogP contribution < -0.4 is 0 Å². The molecule has 0 saturated carbocycles. The maximum Gasteiger partial charge on any atom is 0.253 e. The molecule has 0 fully saturated rings. The molecule has 3 nitrogen and oxygen atoms in total. The summed E-state index contributed by atoms with van der Waals surface area (Å²) in [6.45, 7) is 1.76. The Kier molecular flexibility index (Phi) is 5.37. The first-order valence-corrected chi connectivity index (χ1v) is 7.86. The van der Waals surface area contributed by atoms with Gasteiger partial charge in [-0.3, -0.25) is 4.79 Å². The Morgan fingerprint density at radius 3 is 2.38 bits per heavy atom. The van der Waals surface area contributed by atoms with Crippen LogP contribution in [0.5, 0.6) is 0 Å². The normalized spacial score (nSPS) is 11.1. The fourth-order valence-corrected chi connectivity index (χ4v) is 2.67. The third-order valence-corrected chi connectivity index (χ3v) is 3.99. The summed E-state index contributed by atoms with van der Waals surface area (Å²) in [5, 5.41) is 2.22. The number of halogens is 1. The molecule has 0 aliphatic heterocycles. The number of benzene rings is 2. The quantitative estimate of drug-likeness (QED) is 0.823. The topological polar surface area (TPSA) is 23.6 Å². The van der Waals surface area contributed by atoms with E-state index in [4.69, 9.17) is 0 Å². The first-order chi connectivity index (χ1) is 9.97. The van der Waals surface area contributed by atoms with Crippen molar-refractivity contribution >= 4 is 32.6 Å². The highest BCUT2D eigenvalue weighted by Gasteiger charge is 2.11. The first kappa shape index (κ1) is 16.0. The number of carbonyl (C=O) groups is 1. The molecule has 2 aromatic carbocycles. The Morgan fingerprint density at radius 1 is 1.00 bits per heavy atom. The Morgan fingerprint density at radius 2 is 1.67 bits per heavy atom. The molecular weight excluding hydrogens is 328 g/mol. The molecule has 4 heteroatoms. The van der Waals surface area contributed by atoms with Gasteiger partial charge in [0.1, 0.15) is 0 Å². The lowest BCUT2D eigenvalue weighted by molar-refractivity contribution is 0.0791. The zero-order valence-electron chi connectivity index (χ0n) is 12.8. The SMILES string of the molecule is CN(C)CCCN(C)C(=O)c1ccc2cc(Br)ccc2c1. The van der Waals surface area contributed by atoms with Gasteiger partial charge in [-0.05, 0) is 62.1 Å². The molecule has 0 spiro atoms. The lowest BCUT2D eigenvalue weighted by Crippen LogP contribution is -2.29. The highest BCUT2D eigenvalue weighted by atomic mass is 79.9. The van der Waals surface area contributed by atoms with E-state index in [1.165, 1.54) is 0 Å². The number of carbonyl (C=O) groups excluding carboxylic acids is 1. The molecule has 0 aliphatic rings. The van der Waals surface area contributed by atoms with Gasteiger partial charge in [0.2, 0.25) is 0 Å². The average molecular weight is 349 g/mol. The minimum Gasteiger partial charge on any atom is -0.342 e. The molecule has 0 aliphatic carbocycles. The van der Waals surface area contributed by atoms with Crippen molar-refractivity contribution in [1.29, 1.82) is 0 Å². The standard InChI is InChI=1S/C17H21BrN2O/c1-19(2)9-4-10-20(3)17(21)15-6-5-14-12-16(18)8-7-13(14)11-15/h5-8,11-12H,4,9-10H2,1-3H3. The number of amides is 1. The van der Waals surface area contributed by atoms with E-state index >= 15 is 0 Å². The number of nitrogens with zero attached hydrogens (tertiary/aromatic N) is 2. The van der Waals surface area contributed by atoms with Crippen LogP contribution >= 0.6 is 15.9 Å². The van der Waals surface area contributed by atoms with Crippen molar-refractivity contribution < 1.29 is 4.79 Å². The predicted molar refractivity (Wildman–Crippen MR) is 91.8 cm³/mol. The van der Waals surface area contributed by atoms with Crippen molar-refractivity contribution in [3.05, 3.63) is 46.4 Å². The van der Waals surface area contributed by atoms with E-state index in [9.17, 15) is 4.79 Å². The van der Waals surface area contributed by atoms with Gasteiger partial charge in [-0.1, -0.05) is 28.1 Å². The van der Waals surface area contributed by atoms with Crippen LogP contribution in [0.1, 0.15) is 16.8 Å². The molecule has 0 heterocycles. The molecule has 0 saturated heterocycles. The molecule has 0 atom stereocenters. The molecule has 0 bridgehead atoms. The maximum atomic E-state index is 12.4. The second-order valence-electron chi connectivity index (χ2n) is 5.59. The Hall–Kier alpha value is -1.39. The molecule has 0 N–H and O–H groups in total. The van der Waals surface area contributed by atoms with Crippen molar-refractivity contribution in [3.8, 4) is 0 Å². The van der Waals surface area contributed by atoms with Crippen LogP contribution in [-0.4, -0.2) is 49.9 Å². The van der Waals surface area contributed by atoms with Crippen LogP contribution in [0.15, 0.2) is 40.9 Å². The summed E-state index contributed by atoms with van der Waals surface area (Å²) in [5.74, 6) is 0.0820. The molecule has 1 amide bonds. The predicted octanol–water partition coefficient (Wildman–Crippen LogP) is 3.63. The third-order valence-electron chi connectivity index (χ3n) is 3.49. The highest BCUT2D eigenvalue weighted by molar-refractivity contribution is 9.10. The Bertz CT molecular complexity index is 640. The zero-order valence-corrected chi connectivity index (χ0v) is 14.4. The largest absolute Gasteiger partial charge is 0.342 e. The van der Waals surface area contributed by atoms with E-state index in [1.54, 1.807) is 4.90 Å². The lowest BCUT2D eigenvalue weighted by atomic mass is 10.1. The van der Waals surface area contributed by atoms with Crippen molar-refractivity contribution in [3.63, 3.8) is 0 Å². The molecule has 2 aromatic rings. The van der Waals surface area contributed by atoms with Crippen molar-refractivity contribution in [2.75, 3.05) is 34.2 Å². The van der Waals surface area contributed by atoms with Gasteiger partial charge in [0.15, 0.2) is 0 Å². The van der Waals surface area contributed by atoms with Crippen molar-refractivity contribution in [2.24, 2.45) is 0 Å². The van der Waals surface area contributed by atoms with Crippen molar-refractivity contribution in [1.82, 2.24) is 9.80 Å². The molecule has 21 heavy (non-hydrogen) atoms. The summed E-state index contributed by atoms with van der Waals surface area (Å²) in [6.07, 6.45) is 0.982. The number of rotatable bonds is 5. The van der Waals surface area contributed by atoms with Gasteiger partial charge in [0.05, 0.1) is 0 Å². The third kappa shape index (κ3) is 4.29. The minimum atomic E-state index is 0.0820. The Labute approximate surface area is 134 Å². The second-order valence-corrected chi connectivity index (χ2v) is 6.51. The van der Waals surface area contributed by atoms with Gasteiger partial charge in [-0.25, -0.2) is 0 Å². The molecule has 0 radical (unpaired) electrons. The first-order valence-electron chi connectivity index (χ1n) is 7.07. The van der Waals surface area contributed by atoms with Crippen LogP contribution in [0.4, 0.5) is 0 Å². The minimum absolute atomic E-state index is 0.0820. The fraction of sp³-hybridized carbons (Fsp3) is 0.353. The molecule has 112 valence electrons. The van der Waals surface area contributed by atoms with Crippen LogP contribution in [0, 0.1) is 0 Å². The van der Waals surface area contributed by atoms with Gasteiger partial charge in [0, 0.05) is 23.6 Å². The summed E-state index contributed by atoms with van der Waals surface area (Å²) in [5.41, 5.74) is 0.747. The van der Waals surface area contributed by atoms with E-state index in [2.05, 4.69) is 26.9 Å². The molecule has 2 rings (SSSR count). The highest BCUT2D eigenvalue weighted by Crippen LogP contribution is 2.21. The monoisotopic (exact) mass is 348 g/mol. The summed E-state index contributed by atoms with van der Waals surface area (Å²) >= 11 is 3.46. The maximum absolute atomic E-state index is 12.4. The average Bonchev–Trinajstić information content (AvgIpc) is 2.45. The second kappa shape index (κ2) is 7.05. The van der Waals surface area contributed by atoms with E-state index in [0.29, 0.717) is 0 Å². The van der Waals surface area contributed by atoms with Gasteiger partial charge in [-0.2, -0.15) is 0 Å². The molecule has 0 unspecified atom stereocenters. The molecular formula is C17H21BrN2O. The summed E-state index contributed by atoms with van der Waals surface area (Å²) in [6, 6.07) is 12.0. The Balaban J connectivity index is 2.10. The van der Waals surface area contributed by atoms with Gasteiger partial charge < -0.3 is 9.80 Å². The van der Waals surface area contributed by atoms with E-state index in [1.807, 2.05) is 51.5 Å². The van der Waals surface area contributed by atoms with E-state index in [0.717, 1.165) is 40.3 Å². The number of hydrogen-bond acceptors (Lipinski definition) is 2. The molecule has 0 aromatic heterocycles. The smallest absolute Gasteiger partial charge is 0.253 e. The van der Waals surface area contributed by atoms with Gasteiger partial charge in [-0.15, -0.1) is 0 Å². The number of hydrogen-bond donors (Lipinski definition) is 0. The number of fused-ring (bicyclic) bond motifs is 1. The van der Waals surface area contributed by atoms with Crippen LogP contribution in [0.3, 0.4) is 0 Å². The van der Waals surface area contributed by atoms with Crippen LogP contribution in [0.2, 0.25) is 0 Å². The zero-order chi connectivity index (χ0) is 15.4. The fourth-order valence-electron chi connectivity index (χ4n) is 2.30. The van der Waals surface area contributed by atoms with E-state index in [-0.39, 0.29) is 5.91 Å². The summed E-state index contributed by atoms with van der Waals surface area (Å²) in [4.78, 5) is 16.4. The van der Waals surface area contributed by atoms with E-state index < -0.39 is 0 Å².